The van der Waals surface area contributed by atoms with Gasteiger partial charge in [0.05, 0.1) is 10.2 Å². The van der Waals surface area contributed by atoms with Crippen LogP contribution in [-0.2, 0) is 4.74 Å². The number of nitrogens with zero attached hydrogens (tertiary/aromatic N) is 2. The summed E-state index contributed by atoms with van der Waals surface area (Å²) in [5, 5.41) is 5.52. The van der Waals surface area contributed by atoms with Crippen molar-refractivity contribution in [3.63, 3.8) is 0 Å². The number of anilines is 1. The van der Waals surface area contributed by atoms with Crippen LogP contribution in [0.4, 0.5) is 5.82 Å². The summed E-state index contributed by atoms with van der Waals surface area (Å²) in [7, 11) is 1.75. The number of hydrogen-bond acceptors (Lipinski definition) is 5. The van der Waals surface area contributed by atoms with Crippen molar-refractivity contribution < 1.29 is 4.74 Å². The molecule has 0 fully saturated rings. The maximum Gasteiger partial charge on any atom is 0.147 e. The fourth-order valence-electron chi connectivity index (χ4n) is 1.85. The lowest BCUT2D eigenvalue weighted by atomic mass is 10.2. The quantitative estimate of drug-likeness (QED) is 0.781. The van der Waals surface area contributed by atoms with Crippen molar-refractivity contribution >= 4 is 27.4 Å². The molecular formula is C13H19N3OS. The summed E-state index contributed by atoms with van der Waals surface area (Å²) < 4.78 is 6.19. The van der Waals surface area contributed by atoms with Crippen LogP contribution in [0.25, 0.3) is 10.2 Å². The summed E-state index contributed by atoms with van der Waals surface area (Å²) in [6, 6.07) is 0. The predicted octanol–water partition coefficient (Wildman–Crippen LogP) is 3.23. The average Bonchev–Trinajstić information content (AvgIpc) is 2.77. The summed E-state index contributed by atoms with van der Waals surface area (Å²) in [4.78, 5) is 8.63. The molecule has 0 bridgehead atoms. The number of aromatic nitrogens is 2. The van der Waals surface area contributed by atoms with Crippen molar-refractivity contribution in [1.29, 1.82) is 0 Å². The molecule has 0 amide bonds. The van der Waals surface area contributed by atoms with Crippen molar-refractivity contribution in [2.45, 2.75) is 26.2 Å². The van der Waals surface area contributed by atoms with E-state index in [1.165, 1.54) is 12.0 Å². The Labute approximate surface area is 111 Å². The number of fused-ring (bicyclic) bond motifs is 1. The van der Waals surface area contributed by atoms with Gasteiger partial charge in [-0.15, -0.1) is 11.3 Å². The molecule has 0 aliphatic rings. The zero-order chi connectivity index (χ0) is 12.8. The van der Waals surface area contributed by atoms with Gasteiger partial charge >= 0.3 is 0 Å². The first-order valence-corrected chi connectivity index (χ1v) is 7.12. The molecule has 0 spiro atoms. The van der Waals surface area contributed by atoms with Crippen molar-refractivity contribution in [1.82, 2.24) is 9.97 Å². The molecule has 2 aromatic heterocycles. The van der Waals surface area contributed by atoms with Crippen molar-refractivity contribution in [2.24, 2.45) is 0 Å². The molecule has 4 nitrogen and oxygen atoms in total. The molecule has 0 atom stereocenters. The molecule has 98 valence electrons. The molecule has 18 heavy (non-hydrogen) atoms. The Morgan fingerprint density at radius 2 is 2.17 bits per heavy atom. The smallest absolute Gasteiger partial charge is 0.147 e. The zero-order valence-electron chi connectivity index (χ0n) is 10.9. The van der Waals surface area contributed by atoms with E-state index < -0.39 is 0 Å². The highest BCUT2D eigenvalue weighted by Crippen LogP contribution is 2.28. The zero-order valence-corrected chi connectivity index (χ0v) is 11.7. The van der Waals surface area contributed by atoms with E-state index in [2.05, 4.69) is 27.6 Å². The third-order valence-electron chi connectivity index (χ3n) is 2.85. The third kappa shape index (κ3) is 3.17. The molecule has 5 heteroatoms. The molecule has 0 aliphatic heterocycles. The van der Waals surface area contributed by atoms with Gasteiger partial charge in [-0.05, 0) is 37.1 Å². The van der Waals surface area contributed by atoms with Gasteiger partial charge in [0.2, 0.25) is 0 Å². The second kappa shape index (κ2) is 6.66. The van der Waals surface area contributed by atoms with Crippen LogP contribution in [0.15, 0.2) is 11.7 Å². The van der Waals surface area contributed by atoms with Gasteiger partial charge in [0.15, 0.2) is 0 Å². The van der Waals surface area contributed by atoms with Crippen molar-refractivity contribution in [3.8, 4) is 0 Å². The van der Waals surface area contributed by atoms with E-state index in [0.29, 0.717) is 0 Å². The fourth-order valence-corrected chi connectivity index (χ4v) is 2.82. The number of thiophene rings is 1. The summed E-state index contributed by atoms with van der Waals surface area (Å²) >= 11 is 1.70. The molecule has 0 aliphatic carbocycles. The number of unbranched alkanes of at least 4 members (excludes halogenated alkanes) is 2. The van der Waals surface area contributed by atoms with Gasteiger partial charge in [-0.3, -0.25) is 0 Å². The van der Waals surface area contributed by atoms with E-state index in [1.54, 1.807) is 24.8 Å². The summed E-state index contributed by atoms with van der Waals surface area (Å²) in [5.74, 6) is 0.963. The number of ether oxygens (including phenoxy) is 1. The van der Waals surface area contributed by atoms with Crippen LogP contribution in [-0.4, -0.2) is 30.2 Å². The lowest BCUT2D eigenvalue weighted by Crippen LogP contribution is -2.04. The molecule has 0 aromatic carbocycles. The first-order chi connectivity index (χ1) is 8.83. The minimum absolute atomic E-state index is 0.849. The van der Waals surface area contributed by atoms with Gasteiger partial charge in [-0.25, -0.2) is 9.97 Å². The molecule has 2 heterocycles. The first-order valence-electron chi connectivity index (χ1n) is 6.24. The Morgan fingerprint density at radius 1 is 1.28 bits per heavy atom. The minimum Gasteiger partial charge on any atom is -0.385 e. The SMILES string of the molecule is COCCCCCNc1ncnc2c(C)csc12. The Bertz CT molecular complexity index is 498. The highest BCUT2D eigenvalue weighted by atomic mass is 32.1. The Kier molecular flexibility index (Phi) is 4.90. The Morgan fingerprint density at radius 3 is 3.00 bits per heavy atom. The van der Waals surface area contributed by atoms with E-state index in [9.17, 15) is 0 Å². The maximum absolute atomic E-state index is 5.03. The maximum atomic E-state index is 5.03. The van der Waals surface area contributed by atoms with Crippen LogP contribution in [0.5, 0.6) is 0 Å². The lowest BCUT2D eigenvalue weighted by molar-refractivity contribution is 0.192. The van der Waals surface area contributed by atoms with Crippen molar-refractivity contribution in [3.05, 3.63) is 17.3 Å². The Balaban J connectivity index is 1.88. The number of nitrogens with one attached hydrogen (secondary N) is 1. The van der Waals surface area contributed by atoms with E-state index in [1.807, 2.05) is 0 Å². The van der Waals surface area contributed by atoms with Gasteiger partial charge in [-0.2, -0.15) is 0 Å². The summed E-state index contributed by atoms with van der Waals surface area (Å²) in [6.07, 6.45) is 5.07. The van der Waals surface area contributed by atoms with Gasteiger partial charge in [-0.1, -0.05) is 0 Å². The topological polar surface area (TPSA) is 47.0 Å². The van der Waals surface area contributed by atoms with Crippen LogP contribution in [0.3, 0.4) is 0 Å². The van der Waals surface area contributed by atoms with Crippen LogP contribution >= 0.6 is 11.3 Å². The van der Waals surface area contributed by atoms with Gasteiger partial charge in [0.1, 0.15) is 12.1 Å². The first kappa shape index (κ1) is 13.2. The minimum atomic E-state index is 0.849. The number of hydrogen-bond donors (Lipinski definition) is 1. The normalized spacial score (nSPS) is 11.0. The van der Waals surface area contributed by atoms with Crippen molar-refractivity contribution in [2.75, 3.05) is 25.6 Å². The van der Waals surface area contributed by atoms with Crippen LogP contribution < -0.4 is 5.32 Å². The number of aryl methyl sites for hydroxylation is 1. The fraction of sp³-hybridized carbons (Fsp3) is 0.538. The summed E-state index contributed by atoms with van der Waals surface area (Å²) in [6.45, 7) is 3.88. The molecule has 0 saturated heterocycles. The molecule has 0 unspecified atom stereocenters. The third-order valence-corrected chi connectivity index (χ3v) is 3.94. The van der Waals surface area contributed by atoms with Gasteiger partial charge in [0, 0.05) is 20.3 Å². The largest absolute Gasteiger partial charge is 0.385 e. The summed E-state index contributed by atoms with van der Waals surface area (Å²) in [5.41, 5.74) is 2.29. The molecule has 0 saturated carbocycles. The van der Waals surface area contributed by atoms with Gasteiger partial charge < -0.3 is 10.1 Å². The molecule has 0 radical (unpaired) electrons. The highest BCUT2D eigenvalue weighted by molar-refractivity contribution is 7.18. The van der Waals surface area contributed by atoms with E-state index in [0.717, 1.165) is 42.0 Å². The van der Waals surface area contributed by atoms with E-state index in [-0.39, 0.29) is 0 Å². The molecule has 2 rings (SSSR count). The van der Waals surface area contributed by atoms with Gasteiger partial charge in [0.25, 0.3) is 0 Å². The molecule has 2 aromatic rings. The Hall–Kier alpha value is -1.20. The second-order valence-electron chi connectivity index (χ2n) is 4.30. The monoisotopic (exact) mass is 265 g/mol. The number of methoxy groups -OCH3 is 1. The molecule has 1 N–H and O–H groups in total. The molecular weight excluding hydrogens is 246 g/mol. The van der Waals surface area contributed by atoms with Crippen LogP contribution in [0, 0.1) is 6.92 Å². The average molecular weight is 265 g/mol. The van der Waals surface area contributed by atoms with Crippen LogP contribution in [0.2, 0.25) is 0 Å². The number of rotatable bonds is 7. The second-order valence-corrected chi connectivity index (χ2v) is 5.18. The lowest BCUT2D eigenvalue weighted by Gasteiger charge is -2.06. The highest BCUT2D eigenvalue weighted by Gasteiger charge is 2.06. The van der Waals surface area contributed by atoms with E-state index in [4.69, 9.17) is 4.74 Å². The van der Waals surface area contributed by atoms with Crippen LogP contribution in [0.1, 0.15) is 24.8 Å². The standard InChI is InChI=1S/C13H19N3OS/c1-10-8-18-12-11(10)15-9-16-13(12)14-6-4-3-5-7-17-2/h8-9H,3-7H2,1-2H3,(H,14,15,16). The van der Waals surface area contributed by atoms with E-state index >= 15 is 0 Å². The predicted molar refractivity (Wildman–Crippen MR) is 76.4 cm³/mol.